The Hall–Kier alpha value is -4.00. The molecule has 2 amide bonds. The first-order valence-electron chi connectivity index (χ1n) is 11.1. The van der Waals surface area contributed by atoms with E-state index in [1.165, 1.54) is 18.2 Å². The number of esters is 1. The standard InChI is InChI=1S/C27H26N2O5/c1-6-28-17(4)12-21(18(28)5)24(30)14-34-27(33)19-9-10-20-22(13-19)26(32)29(25(20)31)23-11-15(2)7-8-16(23)3/h7-13H,6,14H2,1-5H3. The monoisotopic (exact) mass is 458 g/mol. The number of amides is 2. The number of aryl methyl sites for hydroxylation is 3. The lowest BCUT2D eigenvalue weighted by Gasteiger charge is -2.17. The van der Waals surface area contributed by atoms with E-state index in [0.29, 0.717) is 11.3 Å². The highest BCUT2D eigenvalue weighted by Crippen LogP contribution is 2.32. The van der Waals surface area contributed by atoms with Crippen molar-refractivity contribution in [1.82, 2.24) is 4.57 Å². The van der Waals surface area contributed by atoms with E-state index >= 15 is 0 Å². The predicted molar refractivity (Wildman–Crippen MR) is 128 cm³/mol. The highest BCUT2D eigenvalue weighted by Gasteiger charge is 2.38. The maximum absolute atomic E-state index is 13.1. The zero-order valence-electron chi connectivity index (χ0n) is 19.9. The first-order chi connectivity index (χ1) is 16.1. The van der Waals surface area contributed by atoms with Gasteiger partial charge in [0, 0.05) is 23.5 Å². The average molecular weight is 459 g/mol. The van der Waals surface area contributed by atoms with Crippen molar-refractivity contribution in [1.29, 1.82) is 0 Å². The Bertz CT molecular complexity index is 1370. The minimum atomic E-state index is -0.731. The molecule has 1 aliphatic heterocycles. The number of nitrogens with zero attached hydrogens (tertiary/aromatic N) is 2. The van der Waals surface area contributed by atoms with Gasteiger partial charge in [0.15, 0.2) is 6.61 Å². The Balaban J connectivity index is 1.53. The molecule has 2 heterocycles. The van der Waals surface area contributed by atoms with Gasteiger partial charge in [0.25, 0.3) is 11.8 Å². The van der Waals surface area contributed by atoms with Gasteiger partial charge in [-0.05, 0) is 76.1 Å². The molecule has 0 aliphatic carbocycles. The van der Waals surface area contributed by atoms with Crippen molar-refractivity contribution in [3.63, 3.8) is 0 Å². The van der Waals surface area contributed by atoms with Crippen LogP contribution in [0.4, 0.5) is 5.69 Å². The smallest absolute Gasteiger partial charge is 0.338 e. The summed E-state index contributed by atoms with van der Waals surface area (Å²) in [5.41, 5.74) is 5.01. The van der Waals surface area contributed by atoms with Gasteiger partial charge < -0.3 is 9.30 Å². The van der Waals surface area contributed by atoms with Gasteiger partial charge in [0.2, 0.25) is 5.78 Å². The average Bonchev–Trinajstić information content (AvgIpc) is 3.24. The first-order valence-corrected chi connectivity index (χ1v) is 11.1. The summed E-state index contributed by atoms with van der Waals surface area (Å²) in [5, 5.41) is 0. The van der Waals surface area contributed by atoms with E-state index < -0.39 is 24.4 Å². The number of carbonyl (C=O) groups excluding carboxylic acids is 4. The summed E-state index contributed by atoms with van der Waals surface area (Å²) in [7, 11) is 0. The largest absolute Gasteiger partial charge is 0.454 e. The van der Waals surface area contributed by atoms with Crippen LogP contribution in [0.2, 0.25) is 0 Å². The molecule has 3 aromatic rings. The molecule has 1 aromatic heterocycles. The molecule has 0 atom stereocenters. The Labute approximate surface area is 197 Å². The molecule has 2 aromatic carbocycles. The fourth-order valence-corrected chi connectivity index (χ4v) is 4.41. The van der Waals surface area contributed by atoms with Crippen LogP contribution in [-0.4, -0.2) is 34.7 Å². The van der Waals surface area contributed by atoms with Crippen molar-refractivity contribution >= 4 is 29.3 Å². The van der Waals surface area contributed by atoms with E-state index in [0.717, 1.165) is 34.0 Å². The van der Waals surface area contributed by atoms with Gasteiger partial charge in [-0.1, -0.05) is 12.1 Å². The highest BCUT2D eigenvalue weighted by atomic mass is 16.5. The minimum absolute atomic E-state index is 0.106. The molecule has 0 spiro atoms. The van der Waals surface area contributed by atoms with E-state index in [4.69, 9.17) is 4.74 Å². The van der Waals surface area contributed by atoms with E-state index in [1.807, 2.05) is 51.3 Å². The normalized spacial score (nSPS) is 12.8. The summed E-state index contributed by atoms with van der Waals surface area (Å²) >= 11 is 0. The lowest BCUT2D eigenvalue weighted by Crippen LogP contribution is -2.30. The van der Waals surface area contributed by atoms with E-state index in [9.17, 15) is 19.2 Å². The molecule has 34 heavy (non-hydrogen) atoms. The van der Waals surface area contributed by atoms with Crippen molar-refractivity contribution in [3.05, 3.63) is 87.2 Å². The summed E-state index contributed by atoms with van der Waals surface area (Å²) in [5.74, 6) is -1.96. The molecule has 0 bridgehead atoms. The Kier molecular flexibility index (Phi) is 5.96. The van der Waals surface area contributed by atoms with Crippen LogP contribution in [-0.2, 0) is 11.3 Å². The molecular formula is C27H26N2O5. The molecular weight excluding hydrogens is 432 g/mol. The lowest BCUT2D eigenvalue weighted by molar-refractivity contribution is 0.0474. The van der Waals surface area contributed by atoms with Crippen LogP contribution in [0.25, 0.3) is 0 Å². The van der Waals surface area contributed by atoms with Gasteiger partial charge in [-0.3, -0.25) is 14.4 Å². The van der Waals surface area contributed by atoms with E-state index in [2.05, 4.69) is 0 Å². The molecule has 0 radical (unpaired) electrons. The number of hydrogen-bond donors (Lipinski definition) is 0. The molecule has 174 valence electrons. The quantitative estimate of drug-likeness (QED) is 0.307. The van der Waals surface area contributed by atoms with Gasteiger partial charge in [-0.2, -0.15) is 0 Å². The second kappa shape index (κ2) is 8.74. The topological polar surface area (TPSA) is 85.7 Å². The third kappa shape index (κ3) is 3.83. The Morgan fingerprint density at radius 2 is 1.59 bits per heavy atom. The van der Waals surface area contributed by atoms with Crippen molar-refractivity contribution in [2.45, 2.75) is 41.2 Å². The van der Waals surface area contributed by atoms with Crippen molar-refractivity contribution < 1.29 is 23.9 Å². The number of hydrogen-bond acceptors (Lipinski definition) is 5. The number of anilines is 1. The summed E-state index contributed by atoms with van der Waals surface area (Å²) in [4.78, 5) is 52.5. The molecule has 4 rings (SSSR count). The number of ether oxygens (including phenoxy) is 1. The molecule has 0 fully saturated rings. The van der Waals surface area contributed by atoms with E-state index in [1.54, 1.807) is 12.1 Å². The fourth-order valence-electron chi connectivity index (χ4n) is 4.41. The van der Waals surface area contributed by atoms with Gasteiger partial charge >= 0.3 is 5.97 Å². The van der Waals surface area contributed by atoms with Crippen molar-refractivity contribution in [3.8, 4) is 0 Å². The zero-order valence-corrected chi connectivity index (χ0v) is 19.9. The number of fused-ring (bicyclic) bond motifs is 1. The van der Waals surface area contributed by atoms with Crippen LogP contribution in [0.3, 0.4) is 0 Å². The second-order valence-electron chi connectivity index (χ2n) is 8.52. The molecule has 0 saturated heterocycles. The van der Waals surface area contributed by atoms with Crippen LogP contribution >= 0.6 is 0 Å². The number of imide groups is 1. The summed E-state index contributed by atoms with van der Waals surface area (Å²) in [6, 6.07) is 11.6. The first kappa shape index (κ1) is 23.2. The van der Waals surface area contributed by atoms with Crippen LogP contribution in [0.5, 0.6) is 0 Å². The number of Topliss-reactive ketones (excluding diaryl/α,β-unsaturated/α-hetero) is 1. The summed E-state index contributed by atoms with van der Waals surface area (Å²) < 4.78 is 7.26. The molecule has 7 heteroatoms. The van der Waals surface area contributed by atoms with E-state index in [-0.39, 0.29) is 22.5 Å². The highest BCUT2D eigenvalue weighted by molar-refractivity contribution is 6.35. The Morgan fingerprint density at radius 3 is 2.26 bits per heavy atom. The minimum Gasteiger partial charge on any atom is -0.454 e. The van der Waals surface area contributed by atoms with Crippen LogP contribution in [0, 0.1) is 27.7 Å². The SMILES string of the molecule is CCn1c(C)cc(C(=O)COC(=O)c2ccc3c(c2)C(=O)N(c2cc(C)ccc2C)C3=O)c1C. The number of ketones is 1. The third-order valence-corrected chi connectivity index (χ3v) is 6.25. The van der Waals surface area contributed by atoms with Crippen molar-refractivity contribution in [2.75, 3.05) is 11.5 Å². The van der Waals surface area contributed by atoms with Crippen LogP contribution in [0.1, 0.15) is 70.9 Å². The molecule has 0 saturated carbocycles. The molecule has 0 unspecified atom stereocenters. The summed E-state index contributed by atoms with van der Waals surface area (Å²) in [6.07, 6.45) is 0. The Morgan fingerprint density at radius 1 is 0.882 bits per heavy atom. The third-order valence-electron chi connectivity index (χ3n) is 6.25. The van der Waals surface area contributed by atoms with Gasteiger partial charge in [0.05, 0.1) is 22.4 Å². The van der Waals surface area contributed by atoms with Crippen LogP contribution < -0.4 is 4.90 Å². The van der Waals surface area contributed by atoms with Gasteiger partial charge in [0.1, 0.15) is 0 Å². The van der Waals surface area contributed by atoms with Crippen LogP contribution in [0.15, 0.2) is 42.5 Å². The molecule has 1 aliphatic rings. The van der Waals surface area contributed by atoms with Gasteiger partial charge in [-0.25, -0.2) is 9.69 Å². The summed E-state index contributed by atoms with van der Waals surface area (Å²) in [6.45, 7) is 9.82. The van der Waals surface area contributed by atoms with Gasteiger partial charge in [-0.15, -0.1) is 0 Å². The molecule has 0 N–H and O–H groups in total. The number of benzene rings is 2. The maximum atomic E-state index is 13.1. The fraction of sp³-hybridized carbons (Fsp3) is 0.259. The number of rotatable bonds is 6. The second-order valence-corrected chi connectivity index (χ2v) is 8.52. The number of aromatic nitrogens is 1. The molecule has 7 nitrogen and oxygen atoms in total. The lowest BCUT2D eigenvalue weighted by atomic mass is 10.1. The maximum Gasteiger partial charge on any atom is 0.338 e. The van der Waals surface area contributed by atoms with Crippen molar-refractivity contribution in [2.24, 2.45) is 0 Å². The predicted octanol–water partition coefficient (Wildman–Crippen LogP) is 4.58. The number of carbonyl (C=O) groups is 4. The zero-order chi connectivity index (χ0) is 24.7.